The maximum absolute atomic E-state index is 13.0. The van der Waals surface area contributed by atoms with Crippen molar-refractivity contribution in [1.29, 1.82) is 0 Å². The number of carbonyl (C=O) groups excluding carboxylic acids is 2. The van der Waals surface area contributed by atoms with Gasteiger partial charge < -0.3 is 14.4 Å². The maximum atomic E-state index is 13.0. The van der Waals surface area contributed by atoms with Crippen LogP contribution in [0.25, 0.3) is 0 Å². The molecule has 1 aliphatic heterocycles. The van der Waals surface area contributed by atoms with Crippen LogP contribution < -0.4 is 4.74 Å². The predicted molar refractivity (Wildman–Crippen MR) is 104 cm³/mol. The molecule has 154 valence electrons. The van der Waals surface area contributed by atoms with Gasteiger partial charge in [0.2, 0.25) is 0 Å². The summed E-state index contributed by atoms with van der Waals surface area (Å²) < 4.78 is 34.2. The quantitative estimate of drug-likeness (QED) is 0.669. The van der Waals surface area contributed by atoms with Gasteiger partial charge in [-0.15, -0.1) is 0 Å². The van der Waals surface area contributed by atoms with Gasteiger partial charge in [0, 0.05) is 12.1 Å². The second kappa shape index (κ2) is 8.94. The summed E-state index contributed by atoms with van der Waals surface area (Å²) in [4.78, 5) is 26.2. The summed E-state index contributed by atoms with van der Waals surface area (Å²) in [6.07, 6.45) is 5.60. The molecule has 1 aromatic rings. The van der Waals surface area contributed by atoms with Crippen LogP contribution in [0, 0.1) is 0 Å². The molecule has 1 aromatic carbocycles. The van der Waals surface area contributed by atoms with Crippen LogP contribution in [0.1, 0.15) is 48.9 Å². The van der Waals surface area contributed by atoms with Crippen LogP contribution in [0.2, 0.25) is 0 Å². The molecule has 0 aromatic heterocycles. The zero-order chi connectivity index (χ0) is 20.1. The fraction of sp³-hybridized carbons (Fsp3) is 0.600. The SMILES string of the molecule is COC(=O)c1ccc(OCC(=O)N(C2CCCCC2)C2CCS(=O)(=O)C2)cc1. The lowest BCUT2D eigenvalue weighted by Gasteiger charge is -2.38. The smallest absolute Gasteiger partial charge is 0.337 e. The lowest BCUT2D eigenvalue weighted by atomic mass is 9.93. The Kier molecular flexibility index (Phi) is 6.59. The summed E-state index contributed by atoms with van der Waals surface area (Å²) in [5.74, 6) is 0.0517. The third-order valence-electron chi connectivity index (χ3n) is 5.50. The minimum atomic E-state index is -3.07. The molecule has 2 aliphatic rings. The second-order valence-electron chi connectivity index (χ2n) is 7.45. The number of hydrogen-bond donors (Lipinski definition) is 0. The average Bonchev–Trinajstić information content (AvgIpc) is 3.06. The Morgan fingerprint density at radius 3 is 2.29 bits per heavy atom. The molecule has 8 heteroatoms. The average molecular weight is 410 g/mol. The molecule has 1 saturated heterocycles. The van der Waals surface area contributed by atoms with Gasteiger partial charge in [-0.3, -0.25) is 4.79 Å². The monoisotopic (exact) mass is 409 g/mol. The van der Waals surface area contributed by atoms with E-state index in [-0.39, 0.29) is 36.1 Å². The summed E-state index contributed by atoms with van der Waals surface area (Å²) in [5.41, 5.74) is 0.404. The molecule has 28 heavy (non-hydrogen) atoms. The van der Waals surface area contributed by atoms with E-state index < -0.39 is 15.8 Å². The molecular weight excluding hydrogens is 382 g/mol. The fourth-order valence-corrected chi connectivity index (χ4v) is 5.80. The maximum Gasteiger partial charge on any atom is 0.337 e. The van der Waals surface area contributed by atoms with Gasteiger partial charge in [0.15, 0.2) is 16.4 Å². The first-order valence-electron chi connectivity index (χ1n) is 9.72. The van der Waals surface area contributed by atoms with Crippen molar-refractivity contribution in [3.63, 3.8) is 0 Å². The van der Waals surface area contributed by atoms with Crippen molar-refractivity contribution in [1.82, 2.24) is 4.90 Å². The highest BCUT2D eigenvalue weighted by Crippen LogP contribution is 2.28. The van der Waals surface area contributed by atoms with E-state index in [1.165, 1.54) is 7.11 Å². The molecule has 1 amide bonds. The number of amides is 1. The van der Waals surface area contributed by atoms with Crippen LogP contribution >= 0.6 is 0 Å². The third-order valence-corrected chi connectivity index (χ3v) is 7.25. The Balaban J connectivity index is 1.66. The Labute approximate surface area is 165 Å². The van der Waals surface area contributed by atoms with E-state index in [0.29, 0.717) is 17.7 Å². The van der Waals surface area contributed by atoms with E-state index in [1.807, 2.05) is 0 Å². The number of ether oxygens (including phenoxy) is 2. The number of benzene rings is 1. The standard InChI is InChI=1S/C20H27NO6S/c1-26-20(23)15-7-9-18(10-8-15)27-13-19(22)21(16-5-3-2-4-6-16)17-11-12-28(24,25)14-17/h7-10,16-17H,2-6,11-14H2,1H3. The van der Waals surface area contributed by atoms with E-state index in [0.717, 1.165) is 32.1 Å². The molecule has 3 rings (SSSR count). The second-order valence-corrected chi connectivity index (χ2v) is 9.68. The van der Waals surface area contributed by atoms with E-state index in [2.05, 4.69) is 4.74 Å². The van der Waals surface area contributed by atoms with Crippen molar-refractivity contribution in [2.75, 3.05) is 25.2 Å². The van der Waals surface area contributed by atoms with Crippen molar-refractivity contribution in [3.05, 3.63) is 29.8 Å². The molecule has 0 N–H and O–H groups in total. The van der Waals surface area contributed by atoms with Crippen LogP contribution in [-0.4, -0.2) is 62.5 Å². The highest BCUT2D eigenvalue weighted by molar-refractivity contribution is 7.91. The van der Waals surface area contributed by atoms with Crippen molar-refractivity contribution >= 4 is 21.7 Å². The Morgan fingerprint density at radius 2 is 1.71 bits per heavy atom. The summed E-state index contributed by atoms with van der Waals surface area (Å²) in [6, 6.07) is 6.22. The molecule has 2 fully saturated rings. The zero-order valence-electron chi connectivity index (χ0n) is 16.1. The van der Waals surface area contributed by atoms with Crippen molar-refractivity contribution in [3.8, 4) is 5.75 Å². The largest absolute Gasteiger partial charge is 0.484 e. The Morgan fingerprint density at radius 1 is 1.04 bits per heavy atom. The molecule has 7 nitrogen and oxygen atoms in total. The van der Waals surface area contributed by atoms with E-state index in [9.17, 15) is 18.0 Å². The van der Waals surface area contributed by atoms with Gasteiger partial charge in [-0.05, 0) is 43.5 Å². The normalized spacial score (nSPS) is 21.8. The lowest BCUT2D eigenvalue weighted by molar-refractivity contribution is -0.138. The molecule has 1 aliphatic carbocycles. The number of sulfone groups is 1. The molecule has 0 bridgehead atoms. The number of esters is 1. The zero-order valence-corrected chi connectivity index (χ0v) is 16.9. The van der Waals surface area contributed by atoms with E-state index in [4.69, 9.17) is 4.74 Å². The molecule has 1 atom stereocenters. The molecule has 1 heterocycles. The summed E-state index contributed by atoms with van der Waals surface area (Å²) in [6.45, 7) is -0.148. The third kappa shape index (κ3) is 5.04. The predicted octanol–water partition coefficient (Wildman–Crippen LogP) is 2.20. The highest BCUT2D eigenvalue weighted by atomic mass is 32.2. The van der Waals surface area contributed by atoms with Crippen molar-refractivity contribution in [2.45, 2.75) is 50.6 Å². The first kappa shape index (κ1) is 20.6. The first-order valence-corrected chi connectivity index (χ1v) is 11.5. The van der Waals surface area contributed by atoms with Crippen LogP contribution in [0.3, 0.4) is 0 Å². The van der Waals surface area contributed by atoms with Gasteiger partial charge >= 0.3 is 5.97 Å². The van der Waals surface area contributed by atoms with Crippen molar-refractivity contribution in [2.24, 2.45) is 0 Å². The van der Waals surface area contributed by atoms with E-state index in [1.54, 1.807) is 29.2 Å². The molecule has 1 unspecified atom stereocenters. The first-order chi connectivity index (χ1) is 13.4. The fourth-order valence-electron chi connectivity index (χ4n) is 4.08. The lowest BCUT2D eigenvalue weighted by Crippen LogP contribution is -2.50. The number of carbonyl (C=O) groups is 2. The number of hydrogen-bond acceptors (Lipinski definition) is 6. The van der Waals surface area contributed by atoms with Crippen LogP contribution in [-0.2, 0) is 19.4 Å². The molecule has 0 spiro atoms. The molecule has 0 radical (unpaired) electrons. The van der Waals surface area contributed by atoms with Gasteiger partial charge in [-0.1, -0.05) is 19.3 Å². The van der Waals surface area contributed by atoms with Gasteiger partial charge in [0.25, 0.3) is 5.91 Å². The van der Waals surface area contributed by atoms with Crippen LogP contribution in [0.4, 0.5) is 0 Å². The Hall–Kier alpha value is -2.09. The summed E-state index contributed by atoms with van der Waals surface area (Å²) >= 11 is 0. The number of methoxy groups -OCH3 is 1. The van der Waals surface area contributed by atoms with E-state index >= 15 is 0 Å². The van der Waals surface area contributed by atoms with Crippen LogP contribution in [0.5, 0.6) is 5.75 Å². The van der Waals surface area contributed by atoms with Crippen LogP contribution in [0.15, 0.2) is 24.3 Å². The van der Waals surface area contributed by atoms with Crippen molar-refractivity contribution < 1.29 is 27.5 Å². The molecule has 1 saturated carbocycles. The minimum absolute atomic E-state index is 0.0447. The highest BCUT2D eigenvalue weighted by Gasteiger charge is 2.38. The number of rotatable bonds is 6. The number of nitrogens with zero attached hydrogens (tertiary/aromatic N) is 1. The van der Waals surface area contributed by atoms with Gasteiger partial charge in [0.1, 0.15) is 5.75 Å². The summed E-state index contributed by atoms with van der Waals surface area (Å²) in [7, 11) is -1.76. The Bertz CT molecular complexity index is 798. The molecular formula is C20H27NO6S. The van der Waals surface area contributed by atoms with Gasteiger partial charge in [0.05, 0.1) is 24.2 Å². The summed E-state index contributed by atoms with van der Waals surface area (Å²) in [5, 5.41) is 0. The van der Waals surface area contributed by atoms with Gasteiger partial charge in [-0.2, -0.15) is 0 Å². The van der Waals surface area contributed by atoms with Gasteiger partial charge in [-0.25, -0.2) is 13.2 Å². The minimum Gasteiger partial charge on any atom is -0.484 e. The topological polar surface area (TPSA) is 90.0 Å².